The van der Waals surface area contributed by atoms with Crippen LogP contribution in [0.15, 0.2) is 18.2 Å². The van der Waals surface area contributed by atoms with Crippen molar-refractivity contribution < 1.29 is 0 Å². The third-order valence-electron chi connectivity index (χ3n) is 3.19. The second-order valence-corrected chi connectivity index (χ2v) is 5.35. The molecule has 1 aliphatic rings. The van der Waals surface area contributed by atoms with Crippen LogP contribution in [0.1, 0.15) is 12.5 Å². The predicted octanol–water partition coefficient (Wildman–Crippen LogP) is 2.77. The van der Waals surface area contributed by atoms with Gasteiger partial charge in [0.2, 0.25) is 0 Å². The standard InChI is InChI=1S/C12H16Cl2N2/c1-8-5-16(7-12(8)15)6-9-10(13)3-2-4-11(9)14/h2-4,8,12H,5-7,15H2,1H3. The molecule has 2 unspecified atom stereocenters. The Morgan fingerprint density at radius 2 is 1.94 bits per heavy atom. The molecule has 1 heterocycles. The van der Waals surface area contributed by atoms with Crippen LogP contribution in [-0.4, -0.2) is 24.0 Å². The summed E-state index contributed by atoms with van der Waals surface area (Å²) >= 11 is 12.3. The Morgan fingerprint density at radius 1 is 1.31 bits per heavy atom. The third kappa shape index (κ3) is 2.51. The zero-order valence-electron chi connectivity index (χ0n) is 9.29. The molecule has 0 spiro atoms. The highest BCUT2D eigenvalue weighted by atomic mass is 35.5. The van der Waals surface area contributed by atoms with E-state index in [1.807, 2.05) is 18.2 Å². The minimum absolute atomic E-state index is 0.265. The van der Waals surface area contributed by atoms with Crippen molar-refractivity contribution >= 4 is 23.2 Å². The van der Waals surface area contributed by atoms with Crippen molar-refractivity contribution in [3.05, 3.63) is 33.8 Å². The van der Waals surface area contributed by atoms with Crippen LogP contribution in [-0.2, 0) is 6.54 Å². The van der Waals surface area contributed by atoms with E-state index in [0.29, 0.717) is 5.92 Å². The molecule has 1 aliphatic heterocycles. The van der Waals surface area contributed by atoms with E-state index in [-0.39, 0.29) is 6.04 Å². The van der Waals surface area contributed by atoms with Crippen molar-refractivity contribution in [1.29, 1.82) is 0 Å². The van der Waals surface area contributed by atoms with Gasteiger partial charge >= 0.3 is 0 Å². The maximum absolute atomic E-state index is 6.14. The van der Waals surface area contributed by atoms with Gasteiger partial charge in [-0.3, -0.25) is 4.90 Å². The lowest BCUT2D eigenvalue weighted by molar-refractivity contribution is 0.319. The van der Waals surface area contributed by atoms with Gasteiger partial charge in [0.05, 0.1) is 0 Å². The third-order valence-corrected chi connectivity index (χ3v) is 3.90. The minimum atomic E-state index is 0.265. The van der Waals surface area contributed by atoms with Gasteiger partial charge in [-0.25, -0.2) is 0 Å². The molecule has 0 aromatic heterocycles. The van der Waals surface area contributed by atoms with Gasteiger partial charge in [0.25, 0.3) is 0 Å². The van der Waals surface area contributed by atoms with Gasteiger partial charge in [0.15, 0.2) is 0 Å². The average molecular weight is 259 g/mol. The number of benzene rings is 1. The fourth-order valence-corrected chi connectivity index (χ4v) is 2.65. The zero-order valence-corrected chi connectivity index (χ0v) is 10.8. The van der Waals surface area contributed by atoms with Crippen LogP contribution in [0.3, 0.4) is 0 Å². The van der Waals surface area contributed by atoms with E-state index in [9.17, 15) is 0 Å². The molecule has 2 N–H and O–H groups in total. The highest BCUT2D eigenvalue weighted by Gasteiger charge is 2.27. The number of nitrogens with zero attached hydrogens (tertiary/aromatic N) is 1. The number of rotatable bonds is 2. The normalized spacial score (nSPS) is 26.2. The van der Waals surface area contributed by atoms with Crippen LogP contribution in [0, 0.1) is 5.92 Å². The molecule has 1 saturated heterocycles. The minimum Gasteiger partial charge on any atom is -0.326 e. The number of likely N-dealkylation sites (tertiary alicyclic amines) is 1. The molecule has 0 bridgehead atoms. The molecule has 0 aliphatic carbocycles. The first-order valence-corrected chi connectivity index (χ1v) is 6.24. The number of halogens is 2. The Hall–Kier alpha value is -0.280. The Labute approximate surface area is 106 Å². The Bertz CT molecular complexity index is 351. The van der Waals surface area contributed by atoms with Crippen LogP contribution < -0.4 is 5.73 Å². The lowest BCUT2D eigenvalue weighted by Crippen LogP contribution is -2.28. The van der Waals surface area contributed by atoms with Gasteiger partial charge in [0.1, 0.15) is 0 Å². The fraction of sp³-hybridized carbons (Fsp3) is 0.500. The summed E-state index contributed by atoms with van der Waals surface area (Å²) in [5.41, 5.74) is 7.00. The molecule has 16 heavy (non-hydrogen) atoms. The van der Waals surface area contributed by atoms with Crippen molar-refractivity contribution in [3.63, 3.8) is 0 Å². The van der Waals surface area contributed by atoms with Crippen LogP contribution >= 0.6 is 23.2 Å². The summed E-state index contributed by atoms with van der Waals surface area (Å²) in [6.07, 6.45) is 0. The van der Waals surface area contributed by atoms with Crippen molar-refractivity contribution in [3.8, 4) is 0 Å². The van der Waals surface area contributed by atoms with Crippen LogP contribution in [0.2, 0.25) is 10.0 Å². The van der Waals surface area contributed by atoms with Crippen LogP contribution in [0.5, 0.6) is 0 Å². The monoisotopic (exact) mass is 258 g/mol. The second kappa shape index (κ2) is 4.92. The first-order chi connectivity index (χ1) is 7.58. The van der Waals surface area contributed by atoms with Gasteiger partial charge in [-0.15, -0.1) is 0 Å². The second-order valence-electron chi connectivity index (χ2n) is 4.54. The van der Waals surface area contributed by atoms with E-state index in [0.717, 1.165) is 35.2 Å². The quantitative estimate of drug-likeness (QED) is 0.884. The van der Waals surface area contributed by atoms with Gasteiger partial charge in [-0.05, 0) is 18.1 Å². The van der Waals surface area contributed by atoms with Gasteiger partial charge < -0.3 is 5.73 Å². The first-order valence-electron chi connectivity index (χ1n) is 5.48. The van der Waals surface area contributed by atoms with Crippen molar-refractivity contribution in [2.24, 2.45) is 11.7 Å². The summed E-state index contributed by atoms with van der Waals surface area (Å²) in [5, 5.41) is 1.47. The molecular weight excluding hydrogens is 243 g/mol. The Kier molecular flexibility index (Phi) is 3.75. The molecule has 0 saturated carbocycles. The summed E-state index contributed by atoms with van der Waals surface area (Å²) in [4.78, 5) is 2.31. The van der Waals surface area contributed by atoms with Gasteiger partial charge in [-0.2, -0.15) is 0 Å². The van der Waals surface area contributed by atoms with E-state index in [1.54, 1.807) is 0 Å². The van der Waals surface area contributed by atoms with Crippen LogP contribution in [0.4, 0.5) is 0 Å². The topological polar surface area (TPSA) is 29.3 Å². The Balaban J connectivity index is 2.10. The van der Waals surface area contributed by atoms with Crippen LogP contribution in [0.25, 0.3) is 0 Å². The molecular formula is C12H16Cl2N2. The largest absolute Gasteiger partial charge is 0.326 e. The number of hydrogen-bond donors (Lipinski definition) is 1. The summed E-state index contributed by atoms with van der Waals surface area (Å²) in [6.45, 7) is 4.90. The smallest absolute Gasteiger partial charge is 0.0465 e. The highest BCUT2D eigenvalue weighted by Crippen LogP contribution is 2.27. The van der Waals surface area contributed by atoms with Gasteiger partial charge in [-0.1, -0.05) is 36.2 Å². The van der Waals surface area contributed by atoms with Crippen molar-refractivity contribution in [2.45, 2.75) is 19.5 Å². The molecule has 2 atom stereocenters. The molecule has 0 amide bonds. The lowest BCUT2D eigenvalue weighted by Gasteiger charge is -2.17. The predicted molar refractivity (Wildman–Crippen MR) is 68.9 cm³/mol. The summed E-state index contributed by atoms with van der Waals surface area (Å²) in [5.74, 6) is 0.543. The highest BCUT2D eigenvalue weighted by molar-refractivity contribution is 6.35. The SMILES string of the molecule is CC1CN(Cc2c(Cl)cccc2Cl)CC1N. The molecule has 1 aromatic carbocycles. The summed E-state index contributed by atoms with van der Waals surface area (Å²) < 4.78 is 0. The van der Waals surface area contributed by atoms with E-state index in [1.165, 1.54) is 0 Å². The number of nitrogens with two attached hydrogens (primary N) is 1. The maximum Gasteiger partial charge on any atom is 0.0465 e. The van der Waals surface area contributed by atoms with E-state index in [2.05, 4.69) is 11.8 Å². The molecule has 0 radical (unpaired) electrons. The average Bonchev–Trinajstić information content (AvgIpc) is 2.53. The molecule has 1 fully saturated rings. The van der Waals surface area contributed by atoms with E-state index < -0.39 is 0 Å². The molecule has 4 heteroatoms. The molecule has 1 aromatic rings. The summed E-state index contributed by atoms with van der Waals surface area (Å²) in [6, 6.07) is 5.89. The molecule has 2 rings (SSSR count). The van der Waals surface area contributed by atoms with Crippen molar-refractivity contribution in [1.82, 2.24) is 4.90 Å². The maximum atomic E-state index is 6.14. The Morgan fingerprint density at radius 3 is 2.44 bits per heavy atom. The molecule has 2 nitrogen and oxygen atoms in total. The van der Waals surface area contributed by atoms with E-state index in [4.69, 9.17) is 28.9 Å². The molecule has 88 valence electrons. The zero-order chi connectivity index (χ0) is 11.7. The van der Waals surface area contributed by atoms with Gasteiger partial charge in [0, 0.05) is 41.3 Å². The van der Waals surface area contributed by atoms with Crippen molar-refractivity contribution in [2.75, 3.05) is 13.1 Å². The number of hydrogen-bond acceptors (Lipinski definition) is 2. The first kappa shape index (κ1) is 12.2. The van der Waals surface area contributed by atoms with E-state index >= 15 is 0 Å². The summed E-state index contributed by atoms with van der Waals surface area (Å²) in [7, 11) is 0. The lowest BCUT2D eigenvalue weighted by atomic mass is 10.1. The fourth-order valence-electron chi connectivity index (χ4n) is 2.13.